The Balaban J connectivity index is 1.50. The average Bonchev–Trinajstić information content (AvgIpc) is 3.45. The predicted molar refractivity (Wildman–Crippen MR) is 160 cm³/mol. The van der Waals surface area contributed by atoms with Crippen molar-refractivity contribution in [3.05, 3.63) is 65.7 Å². The van der Waals surface area contributed by atoms with Crippen LogP contribution in [0.5, 0.6) is 0 Å². The van der Waals surface area contributed by atoms with Crippen LogP contribution in [0.1, 0.15) is 38.3 Å². The van der Waals surface area contributed by atoms with Crippen LogP contribution >= 0.6 is 21.6 Å². The van der Waals surface area contributed by atoms with Crippen LogP contribution in [0.4, 0.5) is 11.4 Å². The van der Waals surface area contributed by atoms with Gasteiger partial charge in [0.05, 0.1) is 30.7 Å². The van der Waals surface area contributed by atoms with Crippen LogP contribution < -0.4 is 4.90 Å². The number of fused-ring (bicyclic) bond motifs is 1. The third-order valence-corrected chi connectivity index (χ3v) is 10.2. The number of hydrogen-bond donors (Lipinski definition) is 2. The Morgan fingerprint density at radius 1 is 1.00 bits per heavy atom. The van der Waals surface area contributed by atoms with Gasteiger partial charge >= 0.3 is 5.97 Å². The second-order valence-electron chi connectivity index (χ2n) is 10.6. The number of nitrogens with zero attached hydrogens (tertiary/aromatic N) is 2. The standard InChI is InChI=1S/C30H39N2O4S2/c1-29(2)25-7-4-5-8-26(25)32(15-6-20-36-28(35)30(3)21-37-38-22-30)27(29)14-11-23-9-12-24(13-10-23)31(16-18-33)17-19-34/h4-5,7-14,33-34H,6,15-22H2,1-3H3/q+1. The van der Waals surface area contributed by atoms with Gasteiger partial charge in [-0.05, 0) is 44.5 Å². The van der Waals surface area contributed by atoms with Crippen molar-refractivity contribution in [3.8, 4) is 0 Å². The molecule has 1 fully saturated rings. The minimum Gasteiger partial charge on any atom is -0.465 e. The highest BCUT2D eigenvalue weighted by Crippen LogP contribution is 2.43. The molecule has 0 amide bonds. The number of anilines is 1. The van der Waals surface area contributed by atoms with Gasteiger partial charge in [-0.25, -0.2) is 0 Å². The van der Waals surface area contributed by atoms with E-state index in [1.165, 1.54) is 17.0 Å². The van der Waals surface area contributed by atoms with Crippen LogP contribution in [0.15, 0.2) is 54.6 Å². The predicted octanol–water partition coefficient (Wildman–Crippen LogP) is 4.90. The lowest BCUT2D eigenvalue weighted by atomic mass is 9.81. The van der Waals surface area contributed by atoms with Crippen molar-refractivity contribution >= 4 is 50.7 Å². The molecule has 0 spiro atoms. The molecule has 4 rings (SSSR count). The first kappa shape index (κ1) is 28.7. The van der Waals surface area contributed by atoms with E-state index in [1.807, 2.05) is 24.0 Å². The highest BCUT2D eigenvalue weighted by atomic mass is 33.1. The topological polar surface area (TPSA) is 73.0 Å². The van der Waals surface area contributed by atoms with Gasteiger partial charge in [-0.3, -0.25) is 4.79 Å². The number of carbonyl (C=O) groups excluding carboxylic acids is 1. The van der Waals surface area contributed by atoms with Gasteiger partial charge in [-0.15, -0.1) is 0 Å². The van der Waals surface area contributed by atoms with Gasteiger partial charge in [-0.1, -0.05) is 51.9 Å². The van der Waals surface area contributed by atoms with Crippen LogP contribution in [0.2, 0.25) is 0 Å². The molecule has 1 saturated heterocycles. The maximum atomic E-state index is 12.6. The molecule has 0 unspecified atom stereocenters. The van der Waals surface area contributed by atoms with Crippen molar-refractivity contribution in [2.75, 3.05) is 55.9 Å². The molecule has 0 aromatic heterocycles. The van der Waals surface area contributed by atoms with Gasteiger partial charge in [0.15, 0.2) is 12.3 Å². The number of ether oxygens (including phenoxy) is 1. The Bertz CT molecular complexity index is 1170. The quantitative estimate of drug-likeness (QED) is 0.167. The number of hydrogen-bond acceptors (Lipinski definition) is 7. The first-order valence-corrected chi connectivity index (χ1v) is 15.7. The lowest BCUT2D eigenvalue weighted by molar-refractivity contribution is -0.438. The van der Waals surface area contributed by atoms with E-state index in [0.717, 1.165) is 35.7 Å². The van der Waals surface area contributed by atoms with Crippen molar-refractivity contribution in [1.29, 1.82) is 0 Å². The smallest absolute Gasteiger partial charge is 0.313 e. The Labute approximate surface area is 234 Å². The van der Waals surface area contributed by atoms with Crippen molar-refractivity contribution in [1.82, 2.24) is 0 Å². The largest absolute Gasteiger partial charge is 0.465 e. The van der Waals surface area contributed by atoms with Crippen molar-refractivity contribution in [3.63, 3.8) is 0 Å². The maximum Gasteiger partial charge on any atom is 0.313 e. The van der Waals surface area contributed by atoms with E-state index in [0.29, 0.717) is 19.7 Å². The van der Waals surface area contributed by atoms with E-state index in [4.69, 9.17) is 4.74 Å². The summed E-state index contributed by atoms with van der Waals surface area (Å²) >= 11 is 0. The molecule has 2 aromatic carbocycles. The molecule has 8 heteroatoms. The lowest BCUT2D eigenvalue weighted by Crippen LogP contribution is -2.32. The number of para-hydroxylation sites is 1. The SMILES string of the molecule is CC1(C(=O)OCCC[N+]2=C(C=Cc3ccc(N(CCO)CCO)cc3)C(C)(C)c3ccccc32)CSSC1. The molecule has 38 heavy (non-hydrogen) atoms. The first-order valence-electron chi connectivity index (χ1n) is 13.2. The number of esters is 1. The Morgan fingerprint density at radius 3 is 2.32 bits per heavy atom. The zero-order valence-electron chi connectivity index (χ0n) is 22.6. The van der Waals surface area contributed by atoms with Crippen LogP contribution in [0.25, 0.3) is 6.08 Å². The number of benzene rings is 2. The summed E-state index contributed by atoms with van der Waals surface area (Å²) in [5.41, 5.74) is 5.24. The lowest BCUT2D eigenvalue weighted by Gasteiger charge is -2.22. The molecule has 0 aliphatic carbocycles. The van der Waals surface area contributed by atoms with E-state index >= 15 is 0 Å². The van der Waals surface area contributed by atoms with E-state index in [9.17, 15) is 15.0 Å². The van der Waals surface area contributed by atoms with Crippen molar-refractivity contribution < 1.29 is 24.3 Å². The summed E-state index contributed by atoms with van der Waals surface area (Å²) in [7, 11) is 3.49. The summed E-state index contributed by atoms with van der Waals surface area (Å²) in [6.07, 6.45) is 5.09. The summed E-state index contributed by atoms with van der Waals surface area (Å²) in [4.78, 5) is 14.6. The fraction of sp³-hybridized carbons (Fsp3) is 0.467. The monoisotopic (exact) mass is 555 g/mol. The highest BCUT2D eigenvalue weighted by Gasteiger charge is 2.44. The van der Waals surface area contributed by atoms with Gasteiger partial charge in [0.2, 0.25) is 5.69 Å². The van der Waals surface area contributed by atoms with E-state index < -0.39 is 0 Å². The summed E-state index contributed by atoms with van der Waals surface area (Å²) in [5, 5.41) is 18.7. The molecule has 0 radical (unpaired) electrons. The van der Waals surface area contributed by atoms with Crippen molar-refractivity contribution in [2.45, 2.75) is 32.6 Å². The van der Waals surface area contributed by atoms with Gasteiger partial charge < -0.3 is 19.8 Å². The minimum atomic E-state index is -0.375. The summed E-state index contributed by atoms with van der Waals surface area (Å²) < 4.78 is 8.07. The van der Waals surface area contributed by atoms with E-state index in [1.54, 1.807) is 21.6 Å². The molecular formula is C30H39N2O4S2+. The number of allylic oxidation sites excluding steroid dienone is 1. The molecule has 0 saturated carbocycles. The first-order chi connectivity index (χ1) is 18.3. The number of carbonyl (C=O) groups is 1. The summed E-state index contributed by atoms with van der Waals surface area (Å²) in [6.45, 7) is 8.76. The van der Waals surface area contributed by atoms with Gasteiger partial charge in [-0.2, -0.15) is 4.58 Å². The molecule has 2 aliphatic rings. The highest BCUT2D eigenvalue weighted by molar-refractivity contribution is 8.77. The second kappa shape index (κ2) is 12.7. The van der Waals surface area contributed by atoms with Gasteiger partial charge in [0.25, 0.3) is 0 Å². The fourth-order valence-electron chi connectivity index (χ4n) is 5.03. The third kappa shape index (κ3) is 6.30. The second-order valence-corrected chi connectivity index (χ2v) is 13.1. The van der Waals surface area contributed by atoms with Gasteiger partial charge in [0.1, 0.15) is 0 Å². The van der Waals surface area contributed by atoms with Crippen molar-refractivity contribution in [2.24, 2.45) is 5.41 Å². The Morgan fingerprint density at radius 2 is 1.66 bits per heavy atom. The zero-order valence-corrected chi connectivity index (χ0v) is 24.2. The molecule has 2 heterocycles. The van der Waals surface area contributed by atoms with Gasteiger partial charge in [0, 0.05) is 54.4 Å². The Hall–Kier alpha value is -2.26. The number of rotatable bonds is 12. The average molecular weight is 556 g/mol. The molecule has 6 nitrogen and oxygen atoms in total. The summed E-state index contributed by atoms with van der Waals surface area (Å²) in [5.74, 6) is 1.55. The van der Waals surface area contributed by atoms with Crippen LogP contribution in [-0.4, -0.2) is 77.4 Å². The normalized spacial score (nSPS) is 17.7. The maximum absolute atomic E-state index is 12.6. The minimum absolute atomic E-state index is 0.0438. The van der Waals surface area contributed by atoms with E-state index in [-0.39, 0.29) is 30.0 Å². The molecule has 2 aliphatic heterocycles. The number of aliphatic hydroxyl groups excluding tert-OH is 2. The molecule has 204 valence electrons. The van der Waals surface area contributed by atoms with Crippen LogP contribution in [0.3, 0.4) is 0 Å². The zero-order chi connectivity index (χ0) is 27.2. The molecule has 0 bridgehead atoms. The molecule has 2 N–H and O–H groups in total. The molecule has 0 atom stereocenters. The molecular weight excluding hydrogens is 516 g/mol. The number of aliphatic hydroxyl groups is 2. The summed E-state index contributed by atoms with van der Waals surface area (Å²) in [6, 6.07) is 16.7. The Kier molecular flexibility index (Phi) is 9.63. The molecule has 2 aromatic rings. The fourth-order valence-corrected chi connectivity index (χ4v) is 8.35. The third-order valence-electron chi connectivity index (χ3n) is 7.32. The van der Waals surface area contributed by atoms with Crippen LogP contribution in [-0.2, 0) is 14.9 Å². The van der Waals surface area contributed by atoms with E-state index in [2.05, 4.69) is 67.0 Å². The van der Waals surface area contributed by atoms with Crippen LogP contribution in [0, 0.1) is 5.41 Å².